The Morgan fingerprint density at radius 3 is 2.82 bits per heavy atom. The van der Waals surface area contributed by atoms with Crippen LogP contribution in [0.15, 0.2) is 29.4 Å². The number of nitrogens with one attached hydrogen (secondary N) is 1. The van der Waals surface area contributed by atoms with Gasteiger partial charge in [0.05, 0.1) is 28.8 Å². The highest BCUT2D eigenvalue weighted by Gasteiger charge is 2.36. The first kappa shape index (κ1) is 14.3. The first-order valence-electron chi connectivity index (χ1n) is 6.90. The minimum Gasteiger partial charge on any atom is -0.261 e. The Bertz CT molecular complexity index is 837. The summed E-state index contributed by atoms with van der Waals surface area (Å²) in [6.45, 7) is 1.97. The zero-order valence-corrected chi connectivity index (χ0v) is 12.6. The number of hydrogen-bond acceptors (Lipinski definition) is 4. The van der Waals surface area contributed by atoms with E-state index in [0.717, 1.165) is 16.8 Å². The third-order valence-electron chi connectivity index (χ3n) is 3.92. The van der Waals surface area contributed by atoms with Gasteiger partial charge in [-0.15, -0.1) is 0 Å². The monoisotopic (exact) mass is 309 g/mol. The SMILES string of the molecule is CCC1=Nc2[nH]ncc2C(c2cccc(C#N)c2Cl)C1C#N. The first-order chi connectivity index (χ1) is 10.7. The molecule has 0 saturated heterocycles. The molecule has 1 aromatic heterocycles. The average Bonchev–Trinajstić information content (AvgIpc) is 3.01. The van der Waals surface area contributed by atoms with E-state index >= 15 is 0 Å². The lowest BCUT2D eigenvalue weighted by atomic mass is 9.77. The molecule has 2 heterocycles. The molecule has 0 radical (unpaired) electrons. The van der Waals surface area contributed by atoms with E-state index in [1.807, 2.05) is 13.0 Å². The molecule has 22 heavy (non-hydrogen) atoms. The summed E-state index contributed by atoms with van der Waals surface area (Å²) in [6.07, 6.45) is 2.35. The van der Waals surface area contributed by atoms with E-state index in [4.69, 9.17) is 11.6 Å². The molecule has 1 aliphatic rings. The highest BCUT2D eigenvalue weighted by Crippen LogP contribution is 2.44. The van der Waals surface area contributed by atoms with Gasteiger partial charge in [0.15, 0.2) is 5.82 Å². The normalized spacial score (nSPS) is 19.7. The van der Waals surface area contributed by atoms with Crippen LogP contribution in [0.4, 0.5) is 5.82 Å². The molecular formula is C16H12ClN5. The number of H-pyrrole nitrogens is 1. The quantitative estimate of drug-likeness (QED) is 0.917. The Hall–Kier alpha value is -2.63. The molecule has 1 aromatic carbocycles. The van der Waals surface area contributed by atoms with Crippen LogP contribution < -0.4 is 0 Å². The second-order valence-corrected chi connectivity index (χ2v) is 5.41. The van der Waals surface area contributed by atoms with Gasteiger partial charge in [-0.3, -0.25) is 5.10 Å². The number of aromatic nitrogens is 2. The Morgan fingerprint density at radius 1 is 1.32 bits per heavy atom. The van der Waals surface area contributed by atoms with Gasteiger partial charge in [-0.05, 0) is 18.1 Å². The number of benzene rings is 1. The molecule has 2 unspecified atom stereocenters. The lowest BCUT2D eigenvalue weighted by molar-refractivity contribution is 0.707. The number of nitrogens with zero attached hydrogens (tertiary/aromatic N) is 4. The maximum absolute atomic E-state index is 9.64. The second kappa shape index (κ2) is 5.63. The molecule has 0 fully saturated rings. The number of hydrogen-bond donors (Lipinski definition) is 1. The summed E-state index contributed by atoms with van der Waals surface area (Å²) >= 11 is 6.39. The number of rotatable bonds is 2. The van der Waals surface area contributed by atoms with Crippen LogP contribution in [-0.2, 0) is 0 Å². The zero-order chi connectivity index (χ0) is 15.7. The fourth-order valence-electron chi connectivity index (χ4n) is 2.86. The summed E-state index contributed by atoms with van der Waals surface area (Å²) in [7, 11) is 0. The van der Waals surface area contributed by atoms with Crippen molar-refractivity contribution in [3.8, 4) is 12.1 Å². The van der Waals surface area contributed by atoms with Crippen molar-refractivity contribution in [2.24, 2.45) is 10.9 Å². The number of nitriles is 2. The minimum absolute atomic E-state index is 0.271. The van der Waals surface area contributed by atoms with Gasteiger partial charge in [0.2, 0.25) is 0 Å². The van der Waals surface area contributed by atoms with E-state index in [2.05, 4.69) is 27.3 Å². The third-order valence-corrected chi connectivity index (χ3v) is 4.34. The predicted octanol–water partition coefficient (Wildman–Crippen LogP) is 3.70. The smallest absolute Gasteiger partial charge is 0.151 e. The highest BCUT2D eigenvalue weighted by atomic mass is 35.5. The van der Waals surface area contributed by atoms with Crippen LogP contribution in [0.25, 0.3) is 0 Å². The topological polar surface area (TPSA) is 88.6 Å². The van der Waals surface area contributed by atoms with Gasteiger partial charge >= 0.3 is 0 Å². The summed E-state index contributed by atoms with van der Waals surface area (Å²) in [5.41, 5.74) is 2.79. The van der Waals surface area contributed by atoms with E-state index in [1.165, 1.54) is 0 Å². The standard InChI is InChI=1S/C16H12ClN5/c1-2-13-11(7-19)14(12-8-20-22-16(12)21-13)10-5-3-4-9(6-18)15(10)17/h3-5,8,11,14H,2H2,1H3,(H,20,22). The van der Waals surface area contributed by atoms with Crippen LogP contribution in [-0.4, -0.2) is 15.9 Å². The molecule has 6 heteroatoms. The van der Waals surface area contributed by atoms with Gasteiger partial charge < -0.3 is 0 Å². The molecular weight excluding hydrogens is 298 g/mol. The molecule has 0 bridgehead atoms. The van der Waals surface area contributed by atoms with Gasteiger partial charge in [-0.2, -0.15) is 15.6 Å². The number of aromatic amines is 1. The minimum atomic E-state index is -0.415. The third kappa shape index (κ3) is 2.07. The van der Waals surface area contributed by atoms with Gasteiger partial charge in [-0.25, -0.2) is 4.99 Å². The molecule has 108 valence electrons. The Kier molecular flexibility index (Phi) is 3.66. The van der Waals surface area contributed by atoms with E-state index in [9.17, 15) is 10.5 Å². The molecule has 2 aromatic rings. The summed E-state index contributed by atoms with van der Waals surface area (Å²) < 4.78 is 0. The predicted molar refractivity (Wildman–Crippen MR) is 83.1 cm³/mol. The van der Waals surface area contributed by atoms with Gasteiger partial charge in [0.1, 0.15) is 6.07 Å². The lowest BCUT2D eigenvalue weighted by Crippen LogP contribution is -2.25. The van der Waals surface area contributed by atoms with Crippen molar-refractivity contribution in [3.63, 3.8) is 0 Å². The van der Waals surface area contributed by atoms with Gasteiger partial charge in [0.25, 0.3) is 0 Å². The Balaban J connectivity index is 2.24. The van der Waals surface area contributed by atoms with Crippen molar-refractivity contribution >= 4 is 23.1 Å². The molecule has 1 aliphatic heterocycles. The summed E-state index contributed by atoms with van der Waals surface area (Å²) in [5, 5.41) is 26.1. The largest absolute Gasteiger partial charge is 0.261 e. The van der Waals surface area contributed by atoms with Crippen LogP contribution >= 0.6 is 11.6 Å². The zero-order valence-electron chi connectivity index (χ0n) is 11.8. The molecule has 0 aliphatic carbocycles. The molecule has 2 atom stereocenters. The fraction of sp³-hybridized carbons (Fsp3) is 0.250. The van der Waals surface area contributed by atoms with Crippen molar-refractivity contribution in [1.82, 2.24) is 10.2 Å². The maximum Gasteiger partial charge on any atom is 0.151 e. The van der Waals surface area contributed by atoms with Crippen LogP contribution in [0, 0.1) is 28.6 Å². The van der Waals surface area contributed by atoms with Crippen molar-refractivity contribution in [3.05, 3.63) is 46.1 Å². The summed E-state index contributed by atoms with van der Waals surface area (Å²) in [4.78, 5) is 4.49. The van der Waals surface area contributed by atoms with Gasteiger partial charge in [0, 0.05) is 17.2 Å². The van der Waals surface area contributed by atoms with Crippen molar-refractivity contribution in [2.75, 3.05) is 0 Å². The number of halogens is 1. The van der Waals surface area contributed by atoms with E-state index in [1.54, 1.807) is 18.3 Å². The molecule has 0 saturated carbocycles. The fourth-order valence-corrected chi connectivity index (χ4v) is 3.15. The van der Waals surface area contributed by atoms with Crippen LogP contribution in [0.5, 0.6) is 0 Å². The van der Waals surface area contributed by atoms with Crippen LogP contribution in [0.3, 0.4) is 0 Å². The maximum atomic E-state index is 9.64. The first-order valence-corrected chi connectivity index (χ1v) is 7.27. The number of aliphatic imine (C=N–C) groups is 1. The number of fused-ring (bicyclic) bond motifs is 1. The molecule has 0 spiro atoms. The van der Waals surface area contributed by atoms with Crippen LogP contribution in [0.2, 0.25) is 5.02 Å². The van der Waals surface area contributed by atoms with Crippen LogP contribution in [0.1, 0.15) is 36.0 Å². The highest BCUT2D eigenvalue weighted by molar-refractivity contribution is 6.32. The Morgan fingerprint density at radius 2 is 2.14 bits per heavy atom. The van der Waals surface area contributed by atoms with E-state index in [0.29, 0.717) is 22.8 Å². The Labute approximate surface area is 132 Å². The lowest BCUT2D eigenvalue weighted by Gasteiger charge is -2.27. The summed E-state index contributed by atoms with van der Waals surface area (Å²) in [6, 6.07) is 9.72. The summed E-state index contributed by atoms with van der Waals surface area (Å²) in [5.74, 6) is -0.0275. The molecule has 5 nitrogen and oxygen atoms in total. The van der Waals surface area contributed by atoms with Crippen molar-refractivity contribution in [2.45, 2.75) is 19.3 Å². The van der Waals surface area contributed by atoms with E-state index in [-0.39, 0.29) is 5.92 Å². The van der Waals surface area contributed by atoms with Gasteiger partial charge in [-0.1, -0.05) is 30.7 Å². The molecule has 3 rings (SSSR count). The average molecular weight is 310 g/mol. The van der Waals surface area contributed by atoms with Crippen molar-refractivity contribution in [1.29, 1.82) is 10.5 Å². The molecule has 1 N–H and O–H groups in total. The molecule has 0 amide bonds. The van der Waals surface area contributed by atoms with E-state index < -0.39 is 5.92 Å². The van der Waals surface area contributed by atoms with Crippen molar-refractivity contribution < 1.29 is 0 Å². The second-order valence-electron chi connectivity index (χ2n) is 5.04.